The Balaban J connectivity index is 1.50. The fraction of sp³-hybridized carbons (Fsp3) is 0.708. The van der Waals surface area contributed by atoms with E-state index in [9.17, 15) is 13.2 Å². The molecule has 1 aromatic carbocycles. The number of nitrogens with one attached hydrogen (secondary N) is 2. The summed E-state index contributed by atoms with van der Waals surface area (Å²) >= 11 is 0. The van der Waals surface area contributed by atoms with E-state index in [1.807, 2.05) is 31.2 Å². The molecule has 1 saturated heterocycles. The highest BCUT2D eigenvalue weighted by molar-refractivity contribution is 7.90. The summed E-state index contributed by atoms with van der Waals surface area (Å²) in [5.41, 5.74) is 1.92. The highest BCUT2D eigenvalue weighted by Crippen LogP contribution is 2.29. The maximum Gasteiger partial charge on any atom is 0.227 e. The molecule has 8 heteroatoms. The number of rotatable bonds is 7. The molecule has 2 aliphatic rings. The standard InChI is InChI=1S/C24H39N3O4S/c1-6-24(4,5)32(29,30)26-21-9-7-19(8-10-21)23(28)25-20-11-13-22(14-12-20)27-15-17(2)31-18(3)16-27/h11-14,17-19,21,26H,6-10,15-16H2,1-5H3,(H,25,28). The molecule has 0 bridgehead atoms. The average molecular weight is 466 g/mol. The Morgan fingerprint density at radius 3 is 2.16 bits per heavy atom. The van der Waals surface area contributed by atoms with Gasteiger partial charge in [0.25, 0.3) is 0 Å². The molecule has 2 unspecified atom stereocenters. The molecule has 180 valence electrons. The van der Waals surface area contributed by atoms with Crippen molar-refractivity contribution in [1.29, 1.82) is 0 Å². The third kappa shape index (κ3) is 6.02. The van der Waals surface area contributed by atoms with Gasteiger partial charge in [-0.05, 0) is 84.1 Å². The number of nitrogens with zero attached hydrogens (tertiary/aromatic N) is 1. The Bertz CT molecular complexity index is 867. The van der Waals surface area contributed by atoms with E-state index in [0.717, 1.165) is 24.5 Å². The predicted octanol–water partition coefficient (Wildman–Crippen LogP) is 3.91. The predicted molar refractivity (Wildman–Crippen MR) is 129 cm³/mol. The third-order valence-electron chi connectivity index (χ3n) is 6.92. The minimum absolute atomic E-state index is 0.0153. The lowest BCUT2D eigenvalue weighted by atomic mass is 9.86. The maximum atomic E-state index is 12.8. The van der Waals surface area contributed by atoms with Crippen LogP contribution < -0.4 is 14.9 Å². The molecule has 1 heterocycles. The van der Waals surface area contributed by atoms with Crippen molar-refractivity contribution in [3.8, 4) is 0 Å². The zero-order chi connectivity index (χ0) is 23.5. The van der Waals surface area contributed by atoms with E-state index in [4.69, 9.17) is 4.74 Å². The first-order chi connectivity index (χ1) is 15.0. The molecule has 0 radical (unpaired) electrons. The topological polar surface area (TPSA) is 87.7 Å². The molecule has 1 aromatic rings. The summed E-state index contributed by atoms with van der Waals surface area (Å²) in [6.07, 6.45) is 3.70. The Labute approximate surface area is 193 Å². The van der Waals surface area contributed by atoms with Crippen LogP contribution >= 0.6 is 0 Å². The molecule has 32 heavy (non-hydrogen) atoms. The summed E-state index contributed by atoms with van der Waals surface area (Å²) in [5.74, 6) is -0.0721. The minimum Gasteiger partial charge on any atom is -0.372 e. The average Bonchev–Trinajstić information content (AvgIpc) is 2.73. The van der Waals surface area contributed by atoms with Crippen molar-refractivity contribution in [2.75, 3.05) is 23.3 Å². The lowest BCUT2D eigenvalue weighted by molar-refractivity contribution is -0.120. The quantitative estimate of drug-likeness (QED) is 0.638. The van der Waals surface area contributed by atoms with Crippen LogP contribution in [-0.2, 0) is 19.6 Å². The molecule has 1 aliphatic heterocycles. The number of ether oxygens (including phenoxy) is 1. The second-order valence-corrected chi connectivity index (χ2v) is 12.3. The monoisotopic (exact) mass is 465 g/mol. The Kier molecular flexibility index (Phi) is 7.89. The van der Waals surface area contributed by atoms with Crippen LogP contribution in [0.5, 0.6) is 0 Å². The molecule has 1 saturated carbocycles. The zero-order valence-corrected chi connectivity index (χ0v) is 20.9. The first-order valence-electron chi connectivity index (χ1n) is 11.8. The zero-order valence-electron chi connectivity index (χ0n) is 20.1. The number of carbonyl (C=O) groups is 1. The lowest BCUT2D eigenvalue weighted by Crippen LogP contribution is -2.47. The van der Waals surface area contributed by atoms with Gasteiger partial charge in [0, 0.05) is 36.4 Å². The number of sulfonamides is 1. The number of amides is 1. The molecule has 2 atom stereocenters. The lowest BCUT2D eigenvalue weighted by Gasteiger charge is -2.37. The van der Waals surface area contributed by atoms with Crippen molar-refractivity contribution in [3.05, 3.63) is 24.3 Å². The minimum atomic E-state index is -3.38. The van der Waals surface area contributed by atoms with Crippen LogP contribution in [0.15, 0.2) is 24.3 Å². The number of hydrogen-bond donors (Lipinski definition) is 2. The number of benzene rings is 1. The van der Waals surface area contributed by atoms with Crippen LogP contribution in [0.1, 0.15) is 66.7 Å². The van der Waals surface area contributed by atoms with Gasteiger partial charge in [0.05, 0.1) is 17.0 Å². The molecule has 1 amide bonds. The first-order valence-corrected chi connectivity index (χ1v) is 13.3. The number of anilines is 2. The molecule has 0 spiro atoms. The Hall–Kier alpha value is -1.64. The first kappa shape index (κ1) is 25.0. The van der Waals surface area contributed by atoms with Crippen molar-refractivity contribution in [2.24, 2.45) is 5.92 Å². The van der Waals surface area contributed by atoms with Crippen LogP contribution in [0.25, 0.3) is 0 Å². The number of hydrogen-bond acceptors (Lipinski definition) is 5. The highest BCUT2D eigenvalue weighted by atomic mass is 32.2. The largest absolute Gasteiger partial charge is 0.372 e. The van der Waals surface area contributed by atoms with Gasteiger partial charge in [0.2, 0.25) is 15.9 Å². The smallest absolute Gasteiger partial charge is 0.227 e. The molecule has 7 nitrogen and oxygen atoms in total. The number of morpholine rings is 1. The highest BCUT2D eigenvalue weighted by Gasteiger charge is 2.36. The van der Waals surface area contributed by atoms with Gasteiger partial charge in [-0.3, -0.25) is 4.79 Å². The third-order valence-corrected chi connectivity index (χ3v) is 9.31. The van der Waals surface area contributed by atoms with Gasteiger partial charge < -0.3 is 15.0 Å². The van der Waals surface area contributed by atoms with Crippen molar-refractivity contribution in [2.45, 2.75) is 89.7 Å². The van der Waals surface area contributed by atoms with Gasteiger partial charge in [-0.2, -0.15) is 0 Å². The van der Waals surface area contributed by atoms with E-state index in [-0.39, 0.29) is 30.1 Å². The molecule has 2 N–H and O–H groups in total. The second-order valence-electron chi connectivity index (χ2n) is 9.98. The van der Waals surface area contributed by atoms with E-state index >= 15 is 0 Å². The van der Waals surface area contributed by atoms with E-state index in [1.165, 1.54) is 0 Å². The van der Waals surface area contributed by atoms with Crippen LogP contribution in [0.4, 0.5) is 11.4 Å². The molecule has 0 aromatic heterocycles. The molecular weight excluding hydrogens is 426 g/mol. The van der Waals surface area contributed by atoms with E-state index < -0.39 is 14.8 Å². The summed E-state index contributed by atoms with van der Waals surface area (Å²) in [4.78, 5) is 15.1. The van der Waals surface area contributed by atoms with E-state index in [1.54, 1.807) is 13.8 Å². The molecule has 2 fully saturated rings. The van der Waals surface area contributed by atoms with Gasteiger partial charge in [-0.1, -0.05) is 6.92 Å². The fourth-order valence-electron chi connectivity index (χ4n) is 4.43. The Morgan fingerprint density at radius 2 is 1.62 bits per heavy atom. The molecule has 3 rings (SSSR count). The van der Waals surface area contributed by atoms with E-state index in [2.05, 4.69) is 28.8 Å². The van der Waals surface area contributed by atoms with Gasteiger partial charge in [0.1, 0.15) is 0 Å². The van der Waals surface area contributed by atoms with Gasteiger partial charge in [0.15, 0.2) is 0 Å². The molecule has 1 aliphatic carbocycles. The van der Waals surface area contributed by atoms with Crippen molar-refractivity contribution >= 4 is 27.3 Å². The summed E-state index contributed by atoms with van der Waals surface area (Å²) in [5, 5.41) is 3.04. The summed E-state index contributed by atoms with van der Waals surface area (Å²) < 4.78 is 33.1. The van der Waals surface area contributed by atoms with Crippen LogP contribution in [0, 0.1) is 5.92 Å². The maximum absolute atomic E-state index is 12.8. The normalized spacial score (nSPS) is 27.2. The Morgan fingerprint density at radius 1 is 1.06 bits per heavy atom. The van der Waals surface area contributed by atoms with Crippen LogP contribution in [0.2, 0.25) is 0 Å². The second kappa shape index (κ2) is 10.1. The number of carbonyl (C=O) groups excluding carboxylic acids is 1. The van der Waals surface area contributed by atoms with Crippen LogP contribution in [0.3, 0.4) is 0 Å². The fourth-order valence-corrected chi connectivity index (χ4v) is 5.80. The molecular formula is C24H39N3O4S. The van der Waals surface area contributed by atoms with Gasteiger partial charge in [-0.25, -0.2) is 13.1 Å². The van der Waals surface area contributed by atoms with Crippen LogP contribution in [-0.4, -0.2) is 50.4 Å². The van der Waals surface area contributed by atoms with Gasteiger partial charge >= 0.3 is 0 Å². The van der Waals surface area contributed by atoms with Gasteiger partial charge in [-0.15, -0.1) is 0 Å². The van der Waals surface area contributed by atoms with Crippen molar-refractivity contribution < 1.29 is 17.9 Å². The van der Waals surface area contributed by atoms with Crippen molar-refractivity contribution in [1.82, 2.24) is 4.72 Å². The van der Waals surface area contributed by atoms with E-state index in [0.29, 0.717) is 32.1 Å². The summed E-state index contributed by atoms with van der Waals surface area (Å²) in [6, 6.07) is 7.89. The summed E-state index contributed by atoms with van der Waals surface area (Å²) in [7, 11) is -3.38. The van der Waals surface area contributed by atoms with Crippen molar-refractivity contribution in [3.63, 3.8) is 0 Å². The SMILES string of the molecule is CCC(C)(C)S(=O)(=O)NC1CCC(C(=O)Nc2ccc(N3CC(C)OC(C)C3)cc2)CC1. The summed E-state index contributed by atoms with van der Waals surface area (Å²) in [6.45, 7) is 11.3.